The Hall–Kier alpha value is -1.96. The fraction of sp³-hybridized carbons (Fsp3) is 0.176. The van der Waals surface area contributed by atoms with Gasteiger partial charge in [-0.1, -0.05) is 49.4 Å². The Balaban J connectivity index is 2.17. The molecule has 0 aliphatic carbocycles. The van der Waals surface area contributed by atoms with Crippen LogP contribution in [-0.2, 0) is 0 Å². The van der Waals surface area contributed by atoms with Crippen LogP contribution in [0.5, 0.6) is 5.75 Å². The van der Waals surface area contributed by atoms with Crippen LogP contribution >= 0.6 is 0 Å². The summed E-state index contributed by atoms with van der Waals surface area (Å²) in [4.78, 5) is 0. The van der Waals surface area contributed by atoms with E-state index in [-0.39, 0.29) is 0 Å². The van der Waals surface area contributed by atoms with Crippen LogP contribution in [0.25, 0.3) is 21.5 Å². The zero-order valence-corrected chi connectivity index (χ0v) is 11.2. The van der Waals surface area contributed by atoms with Crippen molar-refractivity contribution < 1.29 is 5.11 Å². The maximum atomic E-state index is 9.54. The predicted octanol–water partition coefficient (Wildman–Crippen LogP) is 3.86. The molecule has 0 fully saturated rings. The van der Waals surface area contributed by atoms with Crippen LogP contribution in [0.2, 0.25) is 5.82 Å². The van der Waals surface area contributed by atoms with Crippen molar-refractivity contribution >= 4 is 34.3 Å². The number of phenols is 1. The molecule has 93 valence electrons. The van der Waals surface area contributed by atoms with Gasteiger partial charge in [-0.05, 0) is 45.8 Å². The minimum absolute atomic E-state index is 0.316. The Labute approximate surface area is 114 Å². The number of hydrogen-bond acceptors (Lipinski definition) is 1. The fourth-order valence-electron chi connectivity index (χ4n) is 2.49. The molecule has 0 unspecified atom stereocenters. The lowest BCUT2D eigenvalue weighted by molar-refractivity contribution is 0.476. The summed E-state index contributed by atoms with van der Waals surface area (Å²) in [6.45, 7) is 4.38. The maximum absolute atomic E-state index is 9.54. The van der Waals surface area contributed by atoms with E-state index in [0.717, 1.165) is 10.8 Å². The summed E-state index contributed by atoms with van der Waals surface area (Å²) in [5, 5.41) is 14.2. The summed E-state index contributed by atoms with van der Waals surface area (Å²) in [6, 6.07) is 16.3. The standard InChI is InChI=1S/C17H16BO/c1-11(2)18-16-5-3-12-8-15-10-17(19)6-4-13(15)7-14(12)9-16/h3-11,19H,1-2H3. The highest BCUT2D eigenvalue weighted by atomic mass is 16.3. The summed E-state index contributed by atoms with van der Waals surface area (Å²) in [7, 11) is 2.26. The first-order chi connectivity index (χ1) is 9.11. The summed E-state index contributed by atoms with van der Waals surface area (Å²) < 4.78 is 0. The summed E-state index contributed by atoms with van der Waals surface area (Å²) in [6.07, 6.45) is 0. The number of rotatable bonds is 2. The Bertz CT molecular complexity index is 747. The highest BCUT2D eigenvalue weighted by molar-refractivity contribution is 6.55. The molecule has 3 aromatic carbocycles. The van der Waals surface area contributed by atoms with Crippen LogP contribution in [0, 0.1) is 0 Å². The van der Waals surface area contributed by atoms with Crippen LogP contribution in [0.15, 0.2) is 48.5 Å². The average molecular weight is 247 g/mol. The largest absolute Gasteiger partial charge is 0.508 e. The van der Waals surface area contributed by atoms with Gasteiger partial charge in [0.25, 0.3) is 0 Å². The van der Waals surface area contributed by atoms with E-state index in [0.29, 0.717) is 11.6 Å². The smallest absolute Gasteiger partial charge is 0.154 e. The van der Waals surface area contributed by atoms with Crippen LogP contribution in [-0.4, -0.2) is 12.4 Å². The maximum Gasteiger partial charge on any atom is 0.154 e. The first-order valence-corrected chi connectivity index (χ1v) is 6.63. The van der Waals surface area contributed by atoms with E-state index < -0.39 is 0 Å². The third-order valence-electron chi connectivity index (χ3n) is 3.33. The number of phenolic OH excluding ortho intramolecular Hbond substituents is 1. The van der Waals surface area contributed by atoms with Crippen molar-refractivity contribution in [2.24, 2.45) is 0 Å². The van der Waals surface area contributed by atoms with Gasteiger partial charge in [0.2, 0.25) is 0 Å². The molecule has 2 heteroatoms. The first-order valence-electron chi connectivity index (χ1n) is 6.63. The van der Waals surface area contributed by atoms with Crippen LogP contribution in [0.1, 0.15) is 13.8 Å². The minimum atomic E-state index is 0.316. The first kappa shape index (κ1) is 12.1. The van der Waals surface area contributed by atoms with Crippen molar-refractivity contribution in [3.05, 3.63) is 48.5 Å². The van der Waals surface area contributed by atoms with Crippen LogP contribution < -0.4 is 5.46 Å². The molecular formula is C17H16BO. The molecule has 1 N–H and O–H groups in total. The lowest BCUT2D eigenvalue weighted by Crippen LogP contribution is -2.15. The van der Waals surface area contributed by atoms with Crippen LogP contribution in [0.4, 0.5) is 0 Å². The molecular weight excluding hydrogens is 231 g/mol. The molecule has 0 heterocycles. The van der Waals surface area contributed by atoms with Crippen molar-refractivity contribution in [1.29, 1.82) is 0 Å². The Kier molecular flexibility index (Phi) is 2.94. The van der Waals surface area contributed by atoms with Crippen molar-refractivity contribution in [1.82, 2.24) is 0 Å². The third-order valence-corrected chi connectivity index (χ3v) is 3.33. The van der Waals surface area contributed by atoms with Crippen LogP contribution in [0.3, 0.4) is 0 Å². The molecule has 0 aromatic heterocycles. The Morgan fingerprint density at radius 1 is 0.789 bits per heavy atom. The Morgan fingerprint density at radius 2 is 1.42 bits per heavy atom. The molecule has 19 heavy (non-hydrogen) atoms. The van der Waals surface area contributed by atoms with Crippen molar-refractivity contribution in [3.8, 4) is 5.75 Å². The van der Waals surface area contributed by atoms with E-state index in [2.05, 4.69) is 51.5 Å². The molecule has 3 rings (SSSR count). The van der Waals surface area contributed by atoms with E-state index >= 15 is 0 Å². The zero-order chi connectivity index (χ0) is 13.4. The lowest BCUT2D eigenvalue weighted by Gasteiger charge is -2.07. The SMILES string of the molecule is CC(C)[B]c1ccc2cc3cc(O)ccc3cc2c1. The van der Waals surface area contributed by atoms with E-state index in [1.807, 2.05) is 12.1 Å². The van der Waals surface area contributed by atoms with E-state index in [9.17, 15) is 5.11 Å². The highest BCUT2D eigenvalue weighted by Crippen LogP contribution is 2.25. The molecule has 0 aliphatic heterocycles. The lowest BCUT2D eigenvalue weighted by atomic mass is 9.60. The van der Waals surface area contributed by atoms with Gasteiger partial charge >= 0.3 is 0 Å². The van der Waals surface area contributed by atoms with Crippen molar-refractivity contribution in [2.45, 2.75) is 19.7 Å². The molecule has 0 spiro atoms. The fourth-order valence-corrected chi connectivity index (χ4v) is 2.49. The molecule has 0 atom stereocenters. The van der Waals surface area contributed by atoms with Gasteiger partial charge in [-0.15, -0.1) is 0 Å². The number of aromatic hydroxyl groups is 1. The molecule has 3 aromatic rings. The second kappa shape index (κ2) is 4.62. The molecule has 0 aliphatic rings. The van der Waals surface area contributed by atoms with Gasteiger partial charge in [0.05, 0.1) is 0 Å². The number of fused-ring (bicyclic) bond motifs is 2. The van der Waals surface area contributed by atoms with Gasteiger partial charge < -0.3 is 5.11 Å². The minimum Gasteiger partial charge on any atom is -0.508 e. The molecule has 0 saturated carbocycles. The quantitative estimate of drug-likeness (QED) is 0.538. The second-order valence-electron chi connectivity index (χ2n) is 5.40. The Morgan fingerprint density at radius 3 is 2.11 bits per heavy atom. The zero-order valence-electron chi connectivity index (χ0n) is 11.2. The van der Waals surface area contributed by atoms with Gasteiger partial charge in [-0.2, -0.15) is 0 Å². The van der Waals surface area contributed by atoms with Gasteiger partial charge in [0.15, 0.2) is 7.28 Å². The van der Waals surface area contributed by atoms with Gasteiger partial charge in [0.1, 0.15) is 5.75 Å². The van der Waals surface area contributed by atoms with E-state index in [1.165, 1.54) is 16.2 Å². The van der Waals surface area contributed by atoms with E-state index in [1.54, 1.807) is 6.07 Å². The van der Waals surface area contributed by atoms with Crippen molar-refractivity contribution in [2.75, 3.05) is 0 Å². The third kappa shape index (κ3) is 2.44. The molecule has 1 radical (unpaired) electrons. The molecule has 0 bridgehead atoms. The highest BCUT2D eigenvalue weighted by Gasteiger charge is 2.03. The topological polar surface area (TPSA) is 20.2 Å². The van der Waals surface area contributed by atoms with Crippen molar-refractivity contribution in [3.63, 3.8) is 0 Å². The van der Waals surface area contributed by atoms with Gasteiger partial charge in [-0.25, -0.2) is 0 Å². The molecule has 0 amide bonds. The summed E-state index contributed by atoms with van der Waals surface area (Å²) >= 11 is 0. The number of hydrogen-bond donors (Lipinski definition) is 1. The molecule has 0 saturated heterocycles. The normalized spacial score (nSPS) is 11.3. The summed E-state index contributed by atoms with van der Waals surface area (Å²) in [5.41, 5.74) is 1.26. The molecule has 1 nitrogen and oxygen atoms in total. The monoisotopic (exact) mass is 247 g/mol. The average Bonchev–Trinajstić information content (AvgIpc) is 2.35. The number of benzene rings is 3. The second-order valence-corrected chi connectivity index (χ2v) is 5.40. The van der Waals surface area contributed by atoms with Gasteiger partial charge in [0, 0.05) is 0 Å². The van der Waals surface area contributed by atoms with Gasteiger partial charge in [-0.3, -0.25) is 0 Å². The van der Waals surface area contributed by atoms with E-state index in [4.69, 9.17) is 0 Å². The predicted molar refractivity (Wildman–Crippen MR) is 83.6 cm³/mol. The summed E-state index contributed by atoms with van der Waals surface area (Å²) in [5.74, 6) is 0.867.